The summed E-state index contributed by atoms with van der Waals surface area (Å²) in [5.74, 6) is -0.0857. The molecule has 1 aromatic carbocycles. The smallest absolute Gasteiger partial charge is 0.243 e. The predicted molar refractivity (Wildman–Crippen MR) is 93.5 cm³/mol. The third kappa shape index (κ3) is 3.61. The molecule has 7 heteroatoms. The fourth-order valence-electron chi connectivity index (χ4n) is 3.40. The van der Waals surface area contributed by atoms with Gasteiger partial charge in [-0.3, -0.25) is 9.69 Å². The molecule has 25 heavy (non-hydrogen) atoms. The lowest BCUT2D eigenvalue weighted by Crippen LogP contribution is -2.54. The quantitative estimate of drug-likeness (QED) is 0.748. The number of nitrogens with zero attached hydrogens (tertiary/aromatic N) is 3. The standard InChI is InChI=1S/C18H23N3O3S/c1-14-11-20(13-18(12-19)7-8-18)9-10-21(14)25(23,24)17-5-3-16(4-6-17)15(2)22/h3-6,14H,7-11,13H2,1-2H3. The number of piperazine rings is 1. The van der Waals surface area contributed by atoms with E-state index in [9.17, 15) is 18.5 Å². The van der Waals surface area contributed by atoms with E-state index in [4.69, 9.17) is 0 Å². The molecule has 3 rings (SSSR count). The number of carbonyl (C=O) groups is 1. The van der Waals surface area contributed by atoms with E-state index in [1.54, 1.807) is 12.1 Å². The molecule has 2 fully saturated rings. The van der Waals surface area contributed by atoms with Gasteiger partial charge >= 0.3 is 0 Å². The van der Waals surface area contributed by atoms with E-state index in [1.807, 2.05) is 6.92 Å². The minimum atomic E-state index is -3.58. The van der Waals surface area contributed by atoms with Gasteiger partial charge in [0.1, 0.15) is 0 Å². The number of nitriles is 1. The Labute approximate surface area is 149 Å². The topological polar surface area (TPSA) is 81.5 Å². The summed E-state index contributed by atoms with van der Waals surface area (Å²) >= 11 is 0. The Bertz CT molecular complexity index is 807. The van der Waals surface area contributed by atoms with Crippen molar-refractivity contribution >= 4 is 15.8 Å². The zero-order chi connectivity index (χ0) is 18.2. The van der Waals surface area contributed by atoms with Crippen LogP contribution < -0.4 is 0 Å². The second kappa shape index (κ2) is 6.52. The zero-order valence-corrected chi connectivity index (χ0v) is 15.4. The molecule has 0 aromatic heterocycles. The maximum absolute atomic E-state index is 12.9. The molecule has 1 saturated heterocycles. The van der Waals surface area contributed by atoms with Crippen LogP contribution in [0.15, 0.2) is 29.2 Å². The van der Waals surface area contributed by atoms with E-state index in [0.717, 1.165) is 19.4 Å². The Morgan fingerprint density at radius 2 is 1.92 bits per heavy atom. The summed E-state index contributed by atoms with van der Waals surface area (Å²) in [6, 6.07) is 8.35. The van der Waals surface area contributed by atoms with E-state index in [-0.39, 0.29) is 22.1 Å². The molecule has 0 spiro atoms. The predicted octanol–water partition coefficient (Wildman–Crippen LogP) is 1.89. The highest BCUT2D eigenvalue weighted by Gasteiger charge is 2.45. The van der Waals surface area contributed by atoms with Crippen molar-refractivity contribution in [3.8, 4) is 6.07 Å². The van der Waals surface area contributed by atoms with E-state index >= 15 is 0 Å². The number of hydrogen-bond donors (Lipinski definition) is 0. The number of Topliss-reactive ketones (excluding diaryl/α,β-unsaturated/α-hetero) is 1. The molecule has 0 radical (unpaired) electrons. The molecule has 1 aromatic rings. The lowest BCUT2D eigenvalue weighted by molar-refractivity contribution is 0.101. The van der Waals surface area contributed by atoms with Gasteiger partial charge in [-0.15, -0.1) is 0 Å². The van der Waals surface area contributed by atoms with Crippen LogP contribution in [-0.2, 0) is 10.0 Å². The highest BCUT2D eigenvalue weighted by molar-refractivity contribution is 7.89. The first-order valence-electron chi connectivity index (χ1n) is 8.54. The summed E-state index contributed by atoms with van der Waals surface area (Å²) in [6.45, 7) is 5.78. The molecule has 1 heterocycles. The molecule has 1 saturated carbocycles. The van der Waals surface area contributed by atoms with E-state index < -0.39 is 10.0 Å². The zero-order valence-electron chi connectivity index (χ0n) is 14.6. The van der Waals surface area contributed by atoms with E-state index in [0.29, 0.717) is 25.2 Å². The highest BCUT2D eigenvalue weighted by Crippen LogP contribution is 2.45. The first-order valence-corrected chi connectivity index (χ1v) is 9.98. The first kappa shape index (κ1) is 18.1. The molecule has 2 aliphatic rings. The van der Waals surface area contributed by atoms with Crippen molar-refractivity contribution in [3.63, 3.8) is 0 Å². The Morgan fingerprint density at radius 3 is 2.40 bits per heavy atom. The summed E-state index contributed by atoms with van der Waals surface area (Å²) in [5.41, 5.74) is 0.298. The van der Waals surface area contributed by atoms with Gasteiger partial charge < -0.3 is 0 Å². The minimum absolute atomic E-state index is 0.0857. The summed E-state index contributed by atoms with van der Waals surface area (Å²) in [5, 5.41) is 9.24. The van der Waals surface area contributed by atoms with Gasteiger partial charge in [0, 0.05) is 37.8 Å². The van der Waals surface area contributed by atoms with Gasteiger partial charge in [-0.25, -0.2) is 8.42 Å². The average Bonchev–Trinajstić information content (AvgIpc) is 3.35. The van der Waals surface area contributed by atoms with Crippen LogP contribution in [0.3, 0.4) is 0 Å². The van der Waals surface area contributed by atoms with E-state index in [1.165, 1.54) is 23.4 Å². The highest BCUT2D eigenvalue weighted by atomic mass is 32.2. The lowest BCUT2D eigenvalue weighted by Gasteiger charge is -2.39. The number of hydrogen-bond acceptors (Lipinski definition) is 5. The fraction of sp³-hybridized carbons (Fsp3) is 0.556. The lowest BCUT2D eigenvalue weighted by atomic mass is 10.1. The van der Waals surface area contributed by atoms with Crippen LogP contribution in [0, 0.1) is 16.7 Å². The molecular formula is C18H23N3O3S. The van der Waals surface area contributed by atoms with Gasteiger partial charge in [0.05, 0.1) is 16.4 Å². The van der Waals surface area contributed by atoms with E-state index in [2.05, 4.69) is 11.0 Å². The Morgan fingerprint density at radius 1 is 1.28 bits per heavy atom. The molecule has 6 nitrogen and oxygen atoms in total. The van der Waals surface area contributed by atoms with Crippen molar-refractivity contribution in [3.05, 3.63) is 29.8 Å². The second-order valence-electron chi connectivity index (χ2n) is 7.17. The van der Waals surface area contributed by atoms with Crippen molar-refractivity contribution in [2.45, 2.75) is 37.6 Å². The molecule has 1 aliphatic heterocycles. The molecule has 1 atom stereocenters. The first-order chi connectivity index (χ1) is 11.8. The van der Waals surface area contributed by atoms with Gasteiger partial charge in [0.25, 0.3) is 0 Å². The molecular weight excluding hydrogens is 338 g/mol. The molecule has 0 amide bonds. The van der Waals surface area contributed by atoms with Crippen LogP contribution in [0.2, 0.25) is 0 Å². The van der Waals surface area contributed by atoms with Crippen molar-refractivity contribution in [2.24, 2.45) is 5.41 Å². The third-order valence-electron chi connectivity index (χ3n) is 5.14. The summed E-state index contributed by atoms with van der Waals surface area (Å²) in [4.78, 5) is 13.8. The normalized spacial score (nSPS) is 23.8. The maximum atomic E-state index is 12.9. The van der Waals surface area contributed by atoms with Crippen LogP contribution in [0.25, 0.3) is 0 Å². The van der Waals surface area contributed by atoms with Gasteiger partial charge in [0.2, 0.25) is 10.0 Å². The van der Waals surface area contributed by atoms with Crippen molar-refractivity contribution in [2.75, 3.05) is 26.2 Å². The minimum Gasteiger partial charge on any atom is -0.299 e. The van der Waals surface area contributed by atoms with Gasteiger partial charge in [-0.1, -0.05) is 12.1 Å². The molecule has 134 valence electrons. The molecule has 1 aliphatic carbocycles. The van der Waals surface area contributed by atoms with Gasteiger partial charge in [0.15, 0.2) is 5.78 Å². The Hall–Kier alpha value is -1.75. The SMILES string of the molecule is CC(=O)c1ccc(S(=O)(=O)N2CCN(CC3(C#N)CC3)CC2C)cc1. The molecule has 0 N–H and O–H groups in total. The third-order valence-corrected chi connectivity index (χ3v) is 7.16. The molecule has 1 unspecified atom stereocenters. The maximum Gasteiger partial charge on any atom is 0.243 e. The Balaban J connectivity index is 1.71. The average molecular weight is 361 g/mol. The summed E-state index contributed by atoms with van der Waals surface area (Å²) < 4.78 is 27.3. The van der Waals surface area contributed by atoms with Crippen LogP contribution in [0.1, 0.15) is 37.0 Å². The number of ketones is 1. The second-order valence-corrected chi connectivity index (χ2v) is 9.06. The van der Waals surface area contributed by atoms with Crippen molar-refractivity contribution in [1.29, 1.82) is 5.26 Å². The number of sulfonamides is 1. The molecule has 0 bridgehead atoms. The van der Waals surface area contributed by atoms with Crippen LogP contribution in [-0.4, -0.2) is 55.6 Å². The number of benzene rings is 1. The van der Waals surface area contributed by atoms with Crippen LogP contribution in [0.4, 0.5) is 0 Å². The Kier molecular flexibility index (Phi) is 4.71. The fourth-order valence-corrected chi connectivity index (χ4v) is 5.01. The number of rotatable bonds is 5. The van der Waals surface area contributed by atoms with Gasteiger partial charge in [-0.2, -0.15) is 9.57 Å². The van der Waals surface area contributed by atoms with Gasteiger partial charge in [-0.05, 0) is 38.8 Å². The van der Waals surface area contributed by atoms with Crippen molar-refractivity contribution in [1.82, 2.24) is 9.21 Å². The summed E-state index contributed by atoms with van der Waals surface area (Å²) in [7, 11) is -3.58. The van der Waals surface area contributed by atoms with Crippen LogP contribution >= 0.6 is 0 Å². The van der Waals surface area contributed by atoms with Crippen molar-refractivity contribution < 1.29 is 13.2 Å². The monoisotopic (exact) mass is 361 g/mol. The van der Waals surface area contributed by atoms with Crippen LogP contribution in [0.5, 0.6) is 0 Å². The summed E-state index contributed by atoms with van der Waals surface area (Å²) in [6.07, 6.45) is 1.89. The number of carbonyl (C=O) groups excluding carboxylic acids is 1. The largest absolute Gasteiger partial charge is 0.299 e.